The van der Waals surface area contributed by atoms with Crippen molar-refractivity contribution in [1.29, 1.82) is 0 Å². The van der Waals surface area contributed by atoms with E-state index in [4.69, 9.17) is 0 Å². The molecule has 5 heteroatoms. The van der Waals surface area contributed by atoms with Crippen molar-refractivity contribution in [3.8, 4) is 0 Å². The zero-order valence-electron chi connectivity index (χ0n) is 15.4. The highest BCUT2D eigenvalue weighted by molar-refractivity contribution is 7.99. The molecule has 1 atom stereocenters. The van der Waals surface area contributed by atoms with E-state index in [0.29, 0.717) is 6.04 Å². The van der Waals surface area contributed by atoms with Crippen LogP contribution < -0.4 is 10.6 Å². The number of nitrogens with one attached hydrogen (secondary N) is 2. The lowest BCUT2D eigenvalue weighted by atomic mass is 10.2. The molecule has 2 N–H and O–H groups in total. The van der Waals surface area contributed by atoms with Gasteiger partial charge in [-0.2, -0.15) is 11.8 Å². The summed E-state index contributed by atoms with van der Waals surface area (Å²) in [6.45, 7) is 9.40. The quantitative estimate of drug-likeness (QED) is 0.566. The molecule has 4 nitrogen and oxygen atoms in total. The largest absolute Gasteiger partial charge is 0.355 e. The van der Waals surface area contributed by atoms with Crippen molar-refractivity contribution in [1.82, 2.24) is 15.5 Å². The van der Waals surface area contributed by atoms with E-state index >= 15 is 0 Å². The molecule has 1 aromatic rings. The zero-order valence-corrected chi connectivity index (χ0v) is 16.2. The average Bonchev–Trinajstić information content (AvgIpc) is 2.55. The van der Waals surface area contributed by atoms with Crippen molar-refractivity contribution in [2.45, 2.75) is 38.1 Å². The Labute approximate surface area is 146 Å². The zero-order chi connectivity index (χ0) is 17.3. The molecule has 0 amide bonds. The van der Waals surface area contributed by atoms with Gasteiger partial charge in [0.05, 0.1) is 0 Å². The number of hydrogen-bond acceptors (Lipinski definition) is 3. The first-order valence-electron chi connectivity index (χ1n) is 8.12. The molecule has 0 aliphatic rings. The second kappa shape index (κ2) is 9.83. The minimum Gasteiger partial charge on any atom is -0.355 e. The van der Waals surface area contributed by atoms with Crippen LogP contribution in [-0.2, 0) is 6.54 Å². The third kappa shape index (κ3) is 7.75. The van der Waals surface area contributed by atoms with Crippen LogP contribution in [0.25, 0.3) is 0 Å². The maximum atomic E-state index is 4.31. The summed E-state index contributed by atoms with van der Waals surface area (Å²) in [6.07, 6.45) is 2.14. The molecule has 0 aliphatic heterocycles. The van der Waals surface area contributed by atoms with Gasteiger partial charge in [-0.15, -0.1) is 0 Å². The summed E-state index contributed by atoms with van der Waals surface area (Å²) in [7, 11) is 3.98. The van der Waals surface area contributed by atoms with E-state index < -0.39 is 0 Å². The summed E-state index contributed by atoms with van der Waals surface area (Å²) in [4.78, 5) is 6.66. The number of guanidine groups is 1. The Morgan fingerprint density at radius 3 is 2.48 bits per heavy atom. The van der Waals surface area contributed by atoms with Gasteiger partial charge in [0.15, 0.2) is 5.96 Å². The van der Waals surface area contributed by atoms with Crippen LogP contribution in [0.4, 0.5) is 0 Å². The van der Waals surface area contributed by atoms with Crippen molar-refractivity contribution in [2.24, 2.45) is 4.99 Å². The van der Waals surface area contributed by atoms with Gasteiger partial charge in [0.1, 0.15) is 0 Å². The molecule has 130 valence electrons. The van der Waals surface area contributed by atoms with Gasteiger partial charge >= 0.3 is 0 Å². The minimum atomic E-state index is 0.202. The summed E-state index contributed by atoms with van der Waals surface area (Å²) >= 11 is 1.86. The molecule has 0 aromatic heterocycles. The third-order valence-electron chi connectivity index (χ3n) is 4.05. The van der Waals surface area contributed by atoms with Crippen LogP contribution in [0.1, 0.15) is 26.3 Å². The van der Waals surface area contributed by atoms with Crippen molar-refractivity contribution in [3.63, 3.8) is 0 Å². The van der Waals surface area contributed by atoms with E-state index in [1.165, 1.54) is 5.56 Å². The Kier molecular flexibility index (Phi) is 8.48. The molecule has 0 heterocycles. The average molecular weight is 337 g/mol. The van der Waals surface area contributed by atoms with E-state index in [2.05, 4.69) is 84.9 Å². The fourth-order valence-corrected chi connectivity index (χ4v) is 2.23. The molecular formula is C18H32N4S. The first-order valence-corrected chi connectivity index (χ1v) is 9.34. The van der Waals surface area contributed by atoms with E-state index in [1.54, 1.807) is 0 Å². The first kappa shape index (κ1) is 19.8. The number of nitrogens with zero attached hydrogens (tertiary/aromatic N) is 2. The minimum absolute atomic E-state index is 0.202. The smallest absolute Gasteiger partial charge is 0.191 e. The fourth-order valence-electron chi connectivity index (χ4n) is 2.02. The summed E-state index contributed by atoms with van der Waals surface area (Å²) in [5, 5.41) is 6.82. The van der Waals surface area contributed by atoms with Gasteiger partial charge in [0.25, 0.3) is 0 Å². The lowest BCUT2D eigenvalue weighted by molar-refractivity contribution is 0.249. The normalized spacial score (nSPS) is 14.0. The molecule has 0 fully saturated rings. The molecule has 1 rings (SSSR count). The molecule has 0 aliphatic carbocycles. The molecule has 0 bridgehead atoms. The second-order valence-electron chi connectivity index (χ2n) is 6.52. The maximum absolute atomic E-state index is 4.31. The summed E-state index contributed by atoms with van der Waals surface area (Å²) in [5.41, 5.74) is 1.34. The molecule has 0 saturated carbocycles. The third-order valence-corrected chi connectivity index (χ3v) is 5.30. The monoisotopic (exact) mass is 336 g/mol. The second-order valence-corrected chi connectivity index (χ2v) is 8.03. The molecule has 1 aromatic carbocycles. The number of benzene rings is 1. The van der Waals surface area contributed by atoms with Crippen molar-refractivity contribution in [3.05, 3.63) is 35.9 Å². The van der Waals surface area contributed by atoms with Gasteiger partial charge in [0.2, 0.25) is 0 Å². The first-order chi connectivity index (χ1) is 10.9. The van der Waals surface area contributed by atoms with Crippen LogP contribution in [0.2, 0.25) is 0 Å². The molecule has 23 heavy (non-hydrogen) atoms. The molecule has 0 saturated heterocycles. The van der Waals surface area contributed by atoms with E-state index in [-0.39, 0.29) is 4.75 Å². The lowest BCUT2D eigenvalue weighted by Crippen LogP contribution is -2.47. The summed E-state index contributed by atoms with van der Waals surface area (Å²) in [6, 6.07) is 11.0. The van der Waals surface area contributed by atoms with Crippen molar-refractivity contribution < 1.29 is 0 Å². The predicted octanol–water partition coefficient (Wildman–Crippen LogP) is 2.81. The van der Waals surface area contributed by atoms with Crippen LogP contribution in [0, 0.1) is 0 Å². The van der Waals surface area contributed by atoms with Crippen LogP contribution in [0.15, 0.2) is 35.3 Å². The Hall–Kier alpha value is -1.20. The maximum Gasteiger partial charge on any atom is 0.191 e. The van der Waals surface area contributed by atoms with Gasteiger partial charge in [0, 0.05) is 37.5 Å². The highest BCUT2D eigenvalue weighted by atomic mass is 32.2. The number of hydrogen-bond donors (Lipinski definition) is 2. The van der Waals surface area contributed by atoms with Crippen molar-refractivity contribution in [2.75, 3.05) is 33.4 Å². The van der Waals surface area contributed by atoms with Crippen LogP contribution in [0.3, 0.4) is 0 Å². The number of rotatable bonds is 8. The number of thioether (sulfide) groups is 1. The Morgan fingerprint density at radius 2 is 1.91 bits per heavy atom. The van der Waals surface area contributed by atoms with Crippen molar-refractivity contribution >= 4 is 17.7 Å². The van der Waals surface area contributed by atoms with E-state index in [9.17, 15) is 0 Å². The van der Waals surface area contributed by atoms with Crippen LogP contribution in [-0.4, -0.2) is 55.1 Å². The SMILES string of the molecule is CN=C(NCC(C)N(C)Cc1ccccc1)NCC(C)(C)SC. The number of likely N-dealkylation sites (N-methyl/N-ethyl adjacent to an activating group) is 1. The standard InChI is InChI=1S/C18H32N4S/c1-15(22(5)13-16-10-8-7-9-11-16)12-20-17(19-4)21-14-18(2,3)23-6/h7-11,15H,12-14H2,1-6H3,(H2,19,20,21). The van der Waals surface area contributed by atoms with Gasteiger partial charge in [-0.25, -0.2) is 0 Å². The Balaban J connectivity index is 2.39. The Morgan fingerprint density at radius 1 is 1.26 bits per heavy atom. The molecule has 1 unspecified atom stereocenters. The van der Waals surface area contributed by atoms with Gasteiger partial charge in [-0.05, 0) is 39.6 Å². The highest BCUT2D eigenvalue weighted by Crippen LogP contribution is 2.19. The topological polar surface area (TPSA) is 39.7 Å². The molecule has 0 radical (unpaired) electrons. The van der Waals surface area contributed by atoms with E-state index in [1.807, 2.05) is 18.8 Å². The highest BCUT2D eigenvalue weighted by Gasteiger charge is 2.16. The van der Waals surface area contributed by atoms with E-state index in [0.717, 1.165) is 25.6 Å². The Bertz CT molecular complexity index is 473. The fraction of sp³-hybridized carbons (Fsp3) is 0.611. The number of aliphatic imine (C=N–C) groups is 1. The molecular weight excluding hydrogens is 304 g/mol. The lowest BCUT2D eigenvalue weighted by Gasteiger charge is -2.27. The predicted molar refractivity (Wildman–Crippen MR) is 104 cm³/mol. The summed E-state index contributed by atoms with van der Waals surface area (Å²) in [5.74, 6) is 0.868. The van der Waals surface area contributed by atoms with Crippen LogP contribution >= 0.6 is 11.8 Å². The summed E-state index contributed by atoms with van der Waals surface area (Å²) < 4.78 is 0.202. The van der Waals surface area contributed by atoms with Crippen LogP contribution in [0.5, 0.6) is 0 Å². The molecule has 0 spiro atoms. The van der Waals surface area contributed by atoms with Gasteiger partial charge in [-0.1, -0.05) is 30.3 Å². The van der Waals surface area contributed by atoms with Gasteiger partial charge < -0.3 is 10.6 Å². The van der Waals surface area contributed by atoms with Gasteiger partial charge in [-0.3, -0.25) is 9.89 Å².